The lowest BCUT2D eigenvalue weighted by Gasteiger charge is -2.06. The summed E-state index contributed by atoms with van der Waals surface area (Å²) in [6.45, 7) is 0. The van der Waals surface area contributed by atoms with E-state index in [0.717, 1.165) is 11.8 Å². The van der Waals surface area contributed by atoms with Crippen LogP contribution in [0.3, 0.4) is 0 Å². The second kappa shape index (κ2) is 7.63. The van der Waals surface area contributed by atoms with E-state index in [1.54, 1.807) is 25.3 Å². The van der Waals surface area contributed by atoms with Crippen LogP contribution in [0.15, 0.2) is 28.4 Å². The van der Waals surface area contributed by atoms with E-state index in [1.807, 2.05) is 0 Å². The van der Waals surface area contributed by atoms with Crippen LogP contribution < -0.4 is 19.9 Å². The topological polar surface area (TPSA) is 112 Å². The fourth-order valence-electron chi connectivity index (χ4n) is 1.81. The summed E-state index contributed by atoms with van der Waals surface area (Å²) in [7, 11) is 3.08. The number of thioether (sulfide) groups is 1. The van der Waals surface area contributed by atoms with Crippen LogP contribution in [0.4, 0.5) is 0 Å². The fraction of sp³-hybridized carbons (Fsp3) is 0.286. The molecule has 9 heteroatoms. The molecule has 1 aliphatic rings. The zero-order chi connectivity index (χ0) is 16.8. The maximum atomic E-state index is 11.5. The molecule has 1 aliphatic heterocycles. The molecule has 1 N–H and O–H groups in total. The van der Waals surface area contributed by atoms with E-state index >= 15 is 0 Å². The maximum Gasteiger partial charge on any atom is 0.239 e. The molecule has 1 unspecified atom stereocenters. The van der Waals surface area contributed by atoms with Crippen molar-refractivity contribution >= 4 is 35.0 Å². The van der Waals surface area contributed by atoms with Crippen LogP contribution >= 0.6 is 11.8 Å². The zero-order valence-corrected chi connectivity index (χ0v) is 13.3. The molecule has 1 heterocycles. The van der Waals surface area contributed by atoms with Gasteiger partial charge in [-0.15, -0.1) is 5.10 Å². The highest BCUT2D eigenvalue weighted by Crippen LogP contribution is 2.24. The maximum absolute atomic E-state index is 11.5. The average Bonchev–Trinajstić information content (AvgIpc) is 2.86. The third kappa shape index (κ3) is 4.46. The summed E-state index contributed by atoms with van der Waals surface area (Å²) >= 11 is 1.00. The van der Waals surface area contributed by atoms with Crippen molar-refractivity contribution in [2.24, 2.45) is 10.2 Å². The van der Waals surface area contributed by atoms with Crippen molar-refractivity contribution in [3.63, 3.8) is 0 Å². The lowest BCUT2D eigenvalue weighted by molar-refractivity contribution is -0.305. The highest BCUT2D eigenvalue weighted by Gasteiger charge is 2.30. The third-order valence-electron chi connectivity index (χ3n) is 2.91. The zero-order valence-electron chi connectivity index (χ0n) is 12.4. The van der Waals surface area contributed by atoms with Gasteiger partial charge in [0.15, 0.2) is 5.17 Å². The van der Waals surface area contributed by atoms with Crippen molar-refractivity contribution in [1.82, 2.24) is 5.32 Å². The van der Waals surface area contributed by atoms with Crippen LogP contribution in [0.2, 0.25) is 0 Å². The molecule has 0 radical (unpaired) electrons. The number of hydrogen-bond acceptors (Lipinski definition) is 8. The Hall–Kier alpha value is -2.55. The minimum Gasteiger partial charge on any atom is -0.550 e. The number of nitrogens with one attached hydrogen (secondary N) is 1. The van der Waals surface area contributed by atoms with Crippen molar-refractivity contribution in [3.05, 3.63) is 23.8 Å². The van der Waals surface area contributed by atoms with Gasteiger partial charge in [-0.3, -0.25) is 4.79 Å². The number of carbonyl (C=O) groups is 2. The second-order valence-electron chi connectivity index (χ2n) is 4.43. The standard InChI is InChI=1S/C14H15N3O5S/c1-21-9-4-3-8(10(5-9)22-2)7-15-17-14-16-13(20)11(23-14)6-12(18)19/h3-5,7,11H,6H2,1-2H3,(H,18,19)(H,16,17,20)/p-1/b15-7+. The van der Waals surface area contributed by atoms with Gasteiger partial charge in [0.1, 0.15) is 11.5 Å². The van der Waals surface area contributed by atoms with Gasteiger partial charge in [0.2, 0.25) is 5.91 Å². The highest BCUT2D eigenvalue weighted by atomic mass is 32.2. The largest absolute Gasteiger partial charge is 0.550 e. The summed E-state index contributed by atoms with van der Waals surface area (Å²) in [5, 5.41) is 20.2. The molecule has 2 rings (SSSR count). The van der Waals surface area contributed by atoms with Crippen LogP contribution in [-0.4, -0.2) is 42.7 Å². The number of methoxy groups -OCH3 is 2. The molecule has 0 aliphatic carbocycles. The molecule has 1 aromatic rings. The molecule has 23 heavy (non-hydrogen) atoms. The van der Waals surface area contributed by atoms with Gasteiger partial charge in [-0.2, -0.15) is 5.10 Å². The molecule has 0 spiro atoms. The van der Waals surface area contributed by atoms with Gasteiger partial charge in [0, 0.05) is 24.0 Å². The Bertz CT molecular complexity index is 674. The molecule has 1 atom stereocenters. The van der Waals surface area contributed by atoms with E-state index in [1.165, 1.54) is 13.3 Å². The minimum absolute atomic E-state index is 0.241. The summed E-state index contributed by atoms with van der Waals surface area (Å²) in [6, 6.07) is 5.20. The molecule has 8 nitrogen and oxygen atoms in total. The van der Waals surface area contributed by atoms with Gasteiger partial charge in [0.25, 0.3) is 0 Å². The SMILES string of the molecule is COc1ccc(/C=N/N=C2\NC(=O)C(CC(=O)[O-])S2)c(OC)c1. The van der Waals surface area contributed by atoms with Crippen LogP contribution in [-0.2, 0) is 9.59 Å². The number of carbonyl (C=O) groups excluding carboxylic acids is 2. The number of carboxylic acid groups (broad SMARTS) is 1. The summed E-state index contributed by atoms with van der Waals surface area (Å²) in [4.78, 5) is 22.1. The van der Waals surface area contributed by atoms with Gasteiger partial charge in [0.05, 0.1) is 25.7 Å². The van der Waals surface area contributed by atoms with Crippen molar-refractivity contribution in [2.75, 3.05) is 14.2 Å². The van der Waals surface area contributed by atoms with Gasteiger partial charge >= 0.3 is 0 Å². The normalized spacial score (nSPS) is 19.1. The Morgan fingerprint density at radius 2 is 2.22 bits per heavy atom. The second-order valence-corrected chi connectivity index (χ2v) is 5.62. The average molecular weight is 336 g/mol. The molecule has 0 saturated carbocycles. The summed E-state index contributed by atoms with van der Waals surface area (Å²) < 4.78 is 10.3. The van der Waals surface area contributed by atoms with Crippen LogP contribution in [0.1, 0.15) is 12.0 Å². The van der Waals surface area contributed by atoms with E-state index in [2.05, 4.69) is 15.5 Å². The van der Waals surface area contributed by atoms with Crippen LogP contribution in [0.5, 0.6) is 11.5 Å². The van der Waals surface area contributed by atoms with Crippen LogP contribution in [0.25, 0.3) is 0 Å². The van der Waals surface area contributed by atoms with Crippen molar-refractivity contribution in [2.45, 2.75) is 11.7 Å². The lowest BCUT2D eigenvalue weighted by atomic mass is 10.2. The predicted molar refractivity (Wildman–Crippen MR) is 83.7 cm³/mol. The molecule has 0 aromatic heterocycles. The number of nitrogens with zero attached hydrogens (tertiary/aromatic N) is 2. The Labute approximate surface area is 136 Å². The molecule has 1 amide bonds. The fourth-order valence-corrected chi connectivity index (χ4v) is 2.72. The van der Waals surface area contributed by atoms with E-state index in [4.69, 9.17) is 9.47 Å². The number of amidine groups is 1. The number of aliphatic carboxylic acids is 1. The lowest BCUT2D eigenvalue weighted by Crippen LogP contribution is -2.31. The monoisotopic (exact) mass is 336 g/mol. The van der Waals surface area contributed by atoms with Gasteiger partial charge in [-0.25, -0.2) is 0 Å². The van der Waals surface area contributed by atoms with E-state index in [9.17, 15) is 14.7 Å². The Morgan fingerprint density at radius 3 is 2.87 bits per heavy atom. The van der Waals surface area contributed by atoms with Crippen molar-refractivity contribution in [1.29, 1.82) is 0 Å². The van der Waals surface area contributed by atoms with Crippen LogP contribution in [0, 0.1) is 0 Å². The molecule has 0 bridgehead atoms. The van der Waals surface area contributed by atoms with Gasteiger partial charge < -0.3 is 24.7 Å². The number of benzene rings is 1. The van der Waals surface area contributed by atoms with E-state index in [0.29, 0.717) is 17.1 Å². The first-order chi connectivity index (χ1) is 11.0. The number of ether oxygens (including phenoxy) is 2. The number of rotatable bonds is 6. The quantitative estimate of drug-likeness (QED) is 0.567. The van der Waals surface area contributed by atoms with Crippen molar-refractivity contribution in [3.8, 4) is 11.5 Å². The number of amides is 1. The number of carboxylic acids is 1. The first-order valence-corrected chi connectivity index (χ1v) is 7.42. The van der Waals surface area contributed by atoms with E-state index < -0.39 is 17.1 Å². The van der Waals surface area contributed by atoms with E-state index in [-0.39, 0.29) is 11.6 Å². The first kappa shape index (κ1) is 16.8. The Kier molecular flexibility index (Phi) is 5.58. The van der Waals surface area contributed by atoms with Crippen molar-refractivity contribution < 1.29 is 24.2 Å². The predicted octanol–water partition coefficient (Wildman–Crippen LogP) is -0.235. The molecule has 1 fully saturated rings. The summed E-state index contributed by atoms with van der Waals surface area (Å²) in [6.07, 6.45) is 1.09. The van der Waals surface area contributed by atoms with Gasteiger partial charge in [-0.1, -0.05) is 11.8 Å². The number of hydrogen-bond donors (Lipinski definition) is 1. The molecule has 122 valence electrons. The molecule has 1 aromatic carbocycles. The highest BCUT2D eigenvalue weighted by molar-refractivity contribution is 8.15. The summed E-state index contributed by atoms with van der Waals surface area (Å²) in [5.41, 5.74) is 0.679. The summed E-state index contributed by atoms with van der Waals surface area (Å²) in [5.74, 6) is -0.499. The smallest absolute Gasteiger partial charge is 0.239 e. The minimum atomic E-state index is -1.29. The Balaban J connectivity index is 2.07. The Morgan fingerprint density at radius 1 is 1.43 bits per heavy atom. The third-order valence-corrected chi connectivity index (χ3v) is 3.99. The molecular weight excluding hydrogens is 322 g/mol. The molecule has 1 saturated heterocycles. The first-order valence-electron chi connectivity index (χ1n) is 6.54. The van der Waals surface area contributed by atoms with Gasteiger partial charge in [-0.05, 0) is 12.1 Å². The molecular formula is C14H14N3O5S-.